The molecule has 94 valence electrons. The second-order valence-corrected chi connectivity index (χ2v) is 5.43. The molecule has 1 aliphatic rings. The quantitative estimate of drug-likeness (QED) is 0.843. The van der Waals surface area contributed by atoms with Crippen LogP contribution in [0.25, 0.3) is 0 Å². The van der Waals surface area contributed by atoms with Gasteiger partial charge >= 0.3 is 0 Å². The maximum absolute atomic E-state index is 13.1. The van der Waals surface area contributed by atoms with Crippen molar-refractivity contribution in [1.29, 1.82) is 0 Å². The molecule has 2 unspecified atom stereocenters. The Morgan fingerprint density at radius 1 is 1.47 bits per heavy atom. The van der Waals surface area contributed by atoms with Gasteiger partial charge < -0.3 is 5.11 Å². The Kier molecular flexibility index (Phi) is 3.53. The Bertz CT molecular complexity index is 402. The van der Waals surface area contributed by atoms with Gasteiger partial charge in [-0.05, 0) is 48.4 Å². The van der Waals surface area contributed by atoms with E-state index < -0.39 is 5.60 Å². The van der Waals surface area contributed by atoms with Gasteiger partial charge in [0.2, 0.25) is 0 Å². The summed E-state index contributed by atoms with van der Waals surface area (Å²) in [4.78, 5) is 0. The smallest absolute Gasteiger partial charge is 0.123 e. The lowest BCUT2D eigenvalue weighted by atomic mass is 9.85. The van der Waals surface area contributed by atoms with Crippen LogP contribution in [0.15, 0.2) is 18.2 Å². The lowest BCUT2D eigenvalue weighted by Crippen LogP contribution is -2.25. The van der Waals surface area contributed by atoms with E-state index >= 15 is 0 Å². The number of aliphatic hydroxyl groups is 1. The van der Waals surface area contributed by atoms with Crippen LogP contribution < -0.4 is 0 Å². The van der Waals surface area contributed by atoms with Crippen LogP contribution in [0.4, 0.5) is 4.39 Å². The number of benzene rings is 1. The van der Waals surface area contributed by atoms with Gasteiger partial charge in [-0.1, -0.05) is 32.8 Å². The minimum Gasteiger partial charge on any atom is -0.385 e. The fraction of sp³-hybridized carbons (Fsp3) is 0.600. The van der Waals surface area contributed by atoms with Gasteiger partial charge in [0.1, 0.15) is 5.82 Å². The van der Waals surface area contributed by atoms with Crippen LogP contribution in [-0.2, 0) is 12.0 Å². The minimum atomic E-state index is -0.725. The Hall–Kier alpha value is -0.890. The highest BCUT2D eigenvalue weighted by Gasteiger charge is 2.37. The van der Waals surface area contributed by atoms with Gasteiger partial charge in [-0.15, -0.1) is 0 Å². The summed E-state index contributed by atoms with van der Waals surface area (Å²) < 4.78 is 13.1. The second kappa shape index (κ2) is 4.77. The summed E-state index contributed by atoms with van der Waals surface area (Å²) in [5.41, 5.74) is 1.20. The summed E-state index contributed by atoms with van der Waals surface area (Å²) in [6, 6.07) is 4.79. The first kappa shape index (κ1) is 12.6. The van der Waals surface area contributed by atoms with Gasteiger partial charge in [0.05, 0.1) is 5.60 Å². The van der Waals surface area contributed by atoms with Crippen molar-refractivity contribution < 1.29 is 9.50 Å². The van der Waals surface area contributed by atoms with Crippen molar-refractivity contribution in [3.8, 4) is 0 Å². The van der Waals surface area contributed by atoms with E-state index in [1.54, 1.807) is 12.1 Å². The lowest BCUT2D eigenvalue weighted by molar-refractivity contribution is 0.0138. The van der Waals surface area contributed by atoms with Crippen molar-refractivity contribution in [2.24, 2.45) is 5.92 Å². The molecule has 0 radical (unpaired) electrons. The molecule has 1 N–H and O–H groups in total. The van der Waals surface area contributed by atoms with E-state index in [9.17, 15) is 9.50 Å². The maximum Gasteiger partial charge on any atom is 0.123 e. The first-order chi connectivity index (χ1) is 8.05. The highest BCUT2D eigenvalue weighted by atomic mass is 19.1. The third-order valence-corrected chi connectivity index (χ3v) is 3.84. The third kappa shape index (κ3) is 2.52. The second-order valence-electron chi connectivity index (χ2n) is 5.43. The van der Waals surface area contributed by atoms with E-state index in [2.05, 4.69) is 13.8 Å². The fourth-order valence-electron chi connectivity index (χ4n) is 3.08. The summed E-state index contributed by atoms with van der Waals surface area (Å²) in [7, 11) is 0. The van der Waals surface area contributed by atoms with Crippen LogP contribution in [-0.4, -0.2) is 5.11 Å². The molecule has 0 saturated carbocycles. The van der Waals surface area contributed by atoms with Crippen LogP contribution >= 0.6 is 0 Å². The normalized spacial score (nSPS) is 24.7. The Balaban J connectivity index is 2.19. The topological polar surface area (TPSA) is 20.2 Å². The first-order valence-corrected chi connectivity index (χ1v) is 6.56. The predicted octanol–water partition coefficient (Wildman–Crippen LogP) is 3.79. The molecule has 0 aromatic heterocycles. The molecule has 0 heterocycles. The molecule has 0 fully saturated rings. The SMILES string of the molecule is CCCC(C)CC1(O)CCc2cc(F)ccc21. The highest BCUT2D eigenvalue weighted by molar-refractivity contribution is 5.37. The standard InChI is InChI=1S/C15H21FO/c1-3-4-11(2)10-15(17)8-7-12-9-13(16)5-6-14(12)15/h5-6,9,11,17H,3-4,7-8,10H2,1-2H3. The van der Waals surface area contributed by atoms with E-state index in [0.717, 1.165) is 43.2 Å². The van der Waals surface area contributed by atoms with E-state index in [1.807, 2.05) is 0 Å². The summed E-state index contributed by atoms with van der Waals surface area (Å²) in [5.74, 6) is 0.315. The van der Waals surface area contributed by atoms with Crippen LogP contribution in [0.5, 0.6) is 0 Å². The van der Waals surface area contributed by atoms with E-state index in [-0.39, 0.29) is 5.82 Å². The number of halogens is 1. The molecule has 2 heteroatoms. The van der Waals surface area contributed by atoms with Gasteiger partial charge in [-0.25, -0.2) is 4.39 Å². The van der Waals surface area contributed by atoms with Crippen LogP contribution in [0.1, 0.15) is 50.7 Å². The molecule has 0 amide bonds. The minimum absolute atomic E-state index is 0.199. The molecular formula is C15H21FO. The highest BCUT2D eigenvalue weighted by Crippen LogP contribution is 2.42. The summed E-state index contributed by atoms with van der Waals surface area (Å²) in [5, 5.41) is 10.7. The van der Waals surface area contributed by atoms with Crippen molar-refractivity contribution >= 4 is 0 Å². The van der Waals surface area contributed by atoms with Gasteiger partial charge in [-0.2, -0.15) is 0 Å². The number of fused-ring (bicyclic) bond motifs is 1. The first-order valence-electron chi connectivity index (χ1n) is 6.56. The molecular weight excluding hydrogens is 215 g/mol. The molecule has 0 saturated heterocycles. The summed E-state index contributed by atoms with van der Waals surface area (Å²) >= 11 is 0. The van der Waals surface area contributed by atoms with E-state index in [4.69, 9.17) is 0 Å². The molecule has 1 aromatic carbocycles. The number of hydrogen-bond donors (Lipinski definition) is 1. The van der Waals surface area contributed by atoms with Crippen molar-refractivity contribution in [3.63, 3.8) is 0 Å². The average molecular weight is 236 g/mol. The van der Waals surface area contributed by atoms with Crippen LogP contribution in [0.2, 0.25) is 0 Å². The Labute approximate surface area is 103 Å². The number of aryl methyl sites for hydroxylation is 1. The maximum atomic E-state index is 13.1. The zero-order valence-corrected chi connectivity index (χ0v) is 10.7. The lowest BCUT2D eigenvalue weighted by Gasteiger charge is -2.27. The molecule has 1 nitrogen and oxygen atoms in total. The Morgan fingerprint density at radius 3 is 2.94 bits per heavy atom. The Morgan fingerprint density at radius 2 is 2.24 bits per heavy atom. The van der Waals surface area contributed by atoms with E-state index in [0.29, 0.717) is 5.92 Å². The largest absolute Gasteiger partial charge is 0.385 e. The average Bonchev–Trinajstić information content (AvgIpc) is 2.56. The molecule has 2 atom stereocenters. The van der Waals surface area contributed by atoms with Gasteiger partial charge in [0.25, 0.3) is 0 Å². The summed E-state index contributed by atoms with van der Waals surface area (Å²) in [6.45, 7) is 4.35. The van der Waals surface area contributed by atoms with Crippen molar-refractivity contribution in [2.45, 2.75) is 51.6 Å². The van der Waals surface area contributed by atoms with Gasteiger partial charge in [0.15, 0.2) is 0 Å². The molecule has 1 aliphatic carbocycles. The van der Waals surface area contributed by atoms with Crippen molar-refractivity contribution in [2.75, 3.05) is 0 Å². The van der Waals surface area contributed by atoms with Crippen LogP contribution in [0.3, 0.4) is 0 Å². The molecule has 1 aromatic rings. The molecule has 17 heavy (non-hydrogen) atoms. The zero-order chi connectivity index (χ0) is 12.5. The van der Waals surface area contributed by atoms with E-state index in [1.165, 1.54) is 6.07 Å². The molecule has 2 rings (SSSR count). The third-order valence-electron chi connectivity index (χ3n) is 3.84. The number of hydrogen-bond acceptors (Lipinski definition) is 1. The molecule has 0 spiro atoms. The van der Waals surface area contributed by atoms with Crippen molar-refractivity contribution in [1.82, 2.24) is 0 Å². The van der Waals surface area contributed by atoms with Gasteiger partial charge in [-0.3, -0.25) is 0 Å². The fourth-order valence-corrected chi connectivity index (χ4v) is 3.08. The molecule has 0 aliphatic heterocycles. The molecule has 0 bridgehead atoms. The van der Waals surface area contributed by atoms with Crippen molar-refractivity contribution in [3.05, 3.63) is 35.1 Å². The van der Waals surface area contributed by atoms with Gasteiger partial charge in [0, 0.05) is 0 Å². The zero-order valence-electron chi connectivity index (χ0n) is 10.7. The monoisotopic (exact) mass is 236 g/mol. The van der Waals surface area contributed by atoms with Crippen LogP contribution in [0, 0.1) is 11.7 Å². The predicted molar refractivity (Wildman–Crippen MR) is 67.3 cm³/mol. The number of rotatable bonds is 4. The summed E-state index contributed by atoms with van der Waals surface area (Å²) in [6.07, 6.45) is 4.61.